The van der Waals surface area contributed by atoms with Crippen LogP contribution in [0.3, 0.4) is 0 Å². The van der Waals surface area contributed by atoms with Crippen LogP contribution in [0.4, 0.5) is 25.9 Å². The molecule has 40 heavy (non-hydrogen) atoms. The van der Waals surface area contributed by atoms with E-state index in [0.29, 0.717) is 39.0 Å². The molecule has 0 spiro atoms. The first-order chi connectivity index (χ1) is 19.0. The fourth-order valence-corrected chi connectivity index (χ4v) is 4.41. The van der Waals surface area contributed by atoms with Gasteiger partial charge in [-0.15, -0.1) is 3.89 Å². The number of nitrogens with two attached hydrogens (primary N) is 1. The number of aromatic nitrogens is 2. The molecule has 0 aliphatic heterocycles. The standard InChI is InChI=1S/C26H22Cl2FN5O5S/c27-20-11-6-16(14-21(20)28)19-15-34(26(36)33-24(19)30)12-3-13-39-23-5-2-1-4-22(23)32-25(35)31-17-7-9-18(10-8-17)40(29,37)38/h1-2,4-11,14-15H,3,12-13H2,(H2,30,33,36)(H2,31,32,35). The number of ether oxygens (including phenoxy) is 1. The second-order valence-electron chi connectivity index (χ2n) is 8.38. The maximum absolute atomic E-state index is 13.0. The summed E-state index contributed by atoms with van der Waals surface area (Å²) in [6.45, 7) is 0.486. The molecule has 0 radical (unpaired) electrons. The van der Waals surface area contributed by atoms with Crippen molar-refractivity contribution in [3.8, 4) is 16.9 Å². The van der Waals surface area contributed by atoms with E-state index in [-0.39, 0.29) is 24.7 Å². The minimum atomic E-state index is -4.84. The van der Waals surface area contributed by atoms with Crippen molar-refractivity contribution in [1.82, 2.24) is 9.55 Å². The monoisotopic (exact) mass is 605 g/mol. The summed E-state index contributed by atoms with van der Waals surface area (Å²) in [6, 6.07) is 15.7. The van der Waals surface area contributed by atoms with E-state index in [1.54, 1.807) is 48.7 Å². The van der Waals surface area contributed by atoms with Gasteiger partial charge in [-0.3, -0.25) is 4.57 Å². The Labute approximate surface area is 238 Å². The molecule has 0 unspecified atom stereocenters. The summed E-state index contributed by atoms with van der Waals surface area (Å²) in [5.41, 5.74) is 7.26. The highest BCUT2D eigenvalue weighted by Crippen LogP contribution is 2.30. The smallest absolute Gasteiger partial charge is 0.349 e. The first-order valence-corrected chi connectivity index (χ1v) is 13.8. The number of hydrogen-bond donors (Lipinski definition) is 3. The van der Waals surface area contributed by atoms with Gasteiger partial charge in [-0.05, 0) is 60.5 Å². The summed E-state index contributed by atoms with van der Waals surface area (Å²) in [7, 11) is -4.84. The summed E-state index contributed by atoms with van der Waals surface area (Å²) in [4.78, 5) is 28.2. The third-order valence-corrected chi connectivity index (χ3v) is 7.16. The van der Waals surface area contributed by atoms with Crippen molar-refractivity contribution in [2.45, 2.75) is 17.9 Å². The maximum Gasteiger partial charge on any atom is 0.349 e. The van der Waals surface area contributed by atoms with E-state index in [4.69, 9.17) is 33.7 Å². The average molecular weight is 606 g/mol. The van der Waals surface area contributed by atoms with Crippen LogP contribution in [0.1, 0.15) is 6.42 Å². The molecule has 4 aromatic rings. The van der Waals surface area contributed by atoms with E-state index in [1.807, 2.05) is 0 Å². The van der Waals surface area contributed by atoms with E-state index in [0.717, 1.165) is 12.1 Å². The third-order valence-electron chi connectivity index (χ3n) is 5.58. The van der Waals surface area contributed by atoms with Crippen LogP contribution in [0.2, 0.25) is 10.0 Å². The molecule has 208 valence electrons. The molecule has 4 rings (SSSR count). The number of nitrogens with one attached hydrogen (secondary N) is 2. The van der Waals surface area contributed by atoms with Gasteiger partial charge in [-0.1, -0.05) is 41.4 Å². The number of rotatable bonds is 9. The molecular weight excluding hydrogens is 584 g/mol. The van der Waals surface area contributed by atoms with Crippen molar-refractivity contribution < 1.29 is 21.8 Å². The van der Waals surface area contributed by atoms with Gasteiger partial charge in [-0.2, -0.15) is 13.4 Å². The molecule has 0 atom stereocenters. The van der Waals surface area contributed by atoms with Gasteiger partial charge in [0.05, 0.1) is 27.2 Å². The number of para-hydroxylation sites is 2. The molecule has 14 heteroatoms. The lowest BCUT2D eigenvalue weighted by Crippen LogP contribution is -2.25. The van der Waals surface area contributed by atoms with Gasteiger partial charge in [0.1, 0.15) is 11.6 Å². The largest absolute Gasteiger partial charge is 0.491 e. The predicted octanol–water partition coefficient (Wildman–Crippen LogP) is 5.57. The average Bonchev–Trinajstić information content (AvgIpc) is 2.90. The number of anilines is 3. The highest BCUT2D eigenvalue weighted by Gasteiger charge is 2.13. The molecule has 1 aromatic heterocycles. The number of carbonyl (C=O) groups excluding carboxylic acids is 1. The van der Waals surface area contributed by atoms with Crippen LogP contribution < -0.4 is 26.8 Å². The van der Waals surface area contributed by atoms with Crippen LogP contribution in [-0.4, -0.2) is 30.6 Å². The minimum Gasteiger partial charge on any atom is -0.491 e. The fraction of sp³-hybridized carbons (Fsp3) is 0.115. The molecule has 4 N–H and O–H groups in total. The number of hydrogen-bond acceptors (Lipinski definition) is 7. The SMILES string of the molecule is Nc1nc(=O)n(CCCOc2ccccc2NC(=O)Nc2ccc(S(=O)(=O)F)cc2)cc1-c1ccc(Cl)c(Cl)c1. The Morgan fingerprint density at radius 3 is 2.45 bits per heavy atom. The molecule has 0 aliphatic carbocycles. The molecule has 0 saturated carbocycles. The summed E-state index contributed by atoms with van der Waals surface area (Å²) >= 11 is 12.1. The third kappa shape index (κ3) is 7.29. The predicted molar refractivity (Wildman–Crippen MR) is 152 cm³/mol. The zero-order valence-electron chi connectivity index (χ0n) is 20.6. The van der Waals surface area contributed by atoms with E-state index >= 15 is 0 Å². The number of nitrogen functional groups attached to an aromatic ring is 1. The van der Waals surface area contributed by atoms with Gasteiger partial charge in [0.15, 0.2) is 0 Å². The lowest BCUT2D eigenvalue weighted by molar-refractivity contribution is 0.261. The zero-order chi connectivity index (χ0) is 28.9. The van der Waals surface area contributed by atoms with Crippen molar-refractivity contribution in [2.24, 2.45) is 0 Å². The van der Waals surface area contributed by atoms with Crippen LogP contribution in [0.5, 0.6) is 5.75 Å². The molecule has 0 bridgehead atoms. The van der Waals surface area contributed by atoms with E-state index in [9.17, 15) is 21.9 Å². The Bertz CT molecular complexity index is 1720. The van der Waals surface area contributed by atoms with Crippen LogP contribution in [0.15, 0.2) is 82.6 Å². The number of amides is 2. The normalized spacial score (nSPS) is 11.2. The maximum atomic E-state index is 13.0. The van der Waals surface area contributed by atoms with E-state index < -0.39 is 26.8 Å². The quantitative estimate of drug-likeness (QED) is 0.167. The van der Waals surface area contributed by atoms with Gasteiger partial charge in [0.25, 0.3) is 0 Å². The summed E-state index contributed by atoms with van der Waals surface area (Å²) in [5.74, 6) is 0.452. The number of aryl methyl sites for hydroxylation is 1. The molecule has 1 heterocycles. The van der Waals surface area contributed by atoms with Gasteiger partial charge in [0.2, 0.25) is 0 Å². The fourth-order valence-electron chi connectivity index (χ4n) is 3.65. The number of halogens is 3. The topological polar surface area (TPSA) is 145 Å². The Morgan fingerprint density at radius 1 is 1.02 bits per heavy atom. The van der Waals surface area contributed by atoms with Crippen LogP contribution in [-0.2, 0) is 16.8 Å². The zero-order valence-corrected chi connectivity index (χ0v) is 22.9. The highest BCUT2D eigenvalue weighted by molar-refractivity contribution is 7.86. The Kier molecular flexibility index (Phi) is 8.93. The summed E-state index contributed by atoms with van der Waals surface area (Å²) in [6.07, 6.45) is 2.02. The second-order valence-corrected chi connectivity index (χ2v) is 10.5. The Balaban J connectivity index is 1.36. The second kappa shape index (κ2) is 12.4. The van der Waals surface area contributed by atoms with Crippen LogP contribution in [0, 0.1) is 0 Å². The van der Waals surface area contributed by atoms with Gasteiger partial charge < -0.3 is 21.1 Å². The van der Waals surface area contributed by atoms with E-state index in [1.165, 1.54) is 16.7 Å². The molecule has 2 amide bonds. The van der Waals surface area contributed by atoms with Gasteiger partial charge in [-0.25, -0.2) is 9.59 Å². The molecular formula is C26H22Cl2FN5O5S. The summed E-state index contributed by atoms with van der Waals surface area (Å²) < 4.78 is 42.2. The molecule has 0 fully saturated rings. The molecule has 10 nitrogen and oxygen atoms in total. The van der Waals surface area contributed by atoms with Crippen LogP contribution >= 0.6 is 23.2 Å². The molecule has 3 aromatic carbocycles. The van der Waals surface area contributed by atoms with Crippen molar-refractivity contribution in [3.63, 3.8) is 0 Å². The lowest BCUT2D eigenvalue weighted by atomic mass is 10.1. The van der Waals surface area contributed by atoms with Crippen molar-refractivity contribution in [3.05, 3.63) is 93.5 Å². The van der Waals surface area contributed by atoms with Crippen molar-refractivity contribution >= 4 is 56.6 Å². The molecule has 0 aliphatic rings. The van der Waals surface area contributed by atoms with Crippen molar-refractivity contribution in [2.75, 3.05) is 23.0 Å². The van der Waals surface area contributed by atoms with Gasteiger partial charge in [0, 0.05) is 24.0 Å². The first-order valence-electron chi connectivity index (χ1n) is 11.7. The Morgan fingerprint density at radius 2 is 1.75 bits per heavy atom. The summed E-state index contributed by atoms with van der Waals surface area (Å²) in [5, 5.41) is 5.90. The van der Waals surface area contributed by atoms with E-state index in [2.05, 4.69) is 15.6 Å². The number of urea groups is 1. The number of benzene rings is 3. The van der Waals surface area contributed by atoms with Gasteiger partial charge >= 0.3 is 21.9 Å². The van der Waals surface area contributed by atoms with Crippen molar-refractivity contribution in [1.29, 1.82) is 0 Å². The first kappa shape index (κ1) is 28.9. The number of nitrogens with zero attached hydrogens (tertiary/aromatic N) is 2. The van der Waals surface area contributed by atoms with Crippen LogP contribution in [0.25, 0.3) is 11.1 Å². The Hall–Kier alpha value is -4.13. The minimum absolute atomic E-state index is 0.0672. The highest BCUT2D eigenvalue weighted by atomic mass is 35.5. The lowest BCUT2D eigenvalue weighted by Gasteiger charge is -2.14. The molecule has 0 saturated heterocycles. The number of carbonyl (C=O) groups is 1.